The Labute approximate surface area is 188 Å². The average molecular weight is 416 g/mol. The number of hydrogen-bond donors (Lipinski definition) is 0. The molecule has 2 aromatic carbocycles. The van der Waals surface area contributed by atoms with Crippen LogP contribution in [0.25, 0.3) is 11.3 Å². The number of benzene rings is 2. The Morgan fingerprint density at radius 1 is 0.613 bits per heavy atom. The van der Waals surface area contributed by atoms with Crippen LogP contribution in [0, 0.1) is 0 Å². The van der Waals surface area contributed by atoms with Crippen molar-refractivity contribution in [3.63, 3.8) is 0 Å². The Bertz CT molecular complexity index is 866. The van der Waals surface area contributed by atoms with Crippen molar-refractivity contribution in [2.45, 2.75) is 71.6 Å². The van der Waals surface area contributed by atoms with Crippen LogP contribution in [0.3, 0.4) is 0 Å². The summed E-state index contributed by atoms with van der Waals surface area (Å²) in [4.78, 5) is 4.70. The zero-order valence-electron chi connectivity index (χ0n) is 19.3. The third-order valence-electron chi connectivity index (χ3n) is 5.79. The van der Waals surface area contributed by atoms with Crippen molar-refractivity contribution in [1.29, 1.82) is 0 Å². The van der Waals surface area contributed by atoms with Crippen LogP contribution in [0.2, 0.25) is 0 Å². The van der Waals surface area contributed by atoms with E-state index in [9.17, 15) is 0 Å². The molecule has 164 valence electrons. The first kappa shape index (κ1) is 23.1. The average Bonchev–Trinajstić information content (AvgIpc) is 2.83. The minimum atomic E-state index is 0.818. The second kappa shape index (κ2) is 12.9. The van der Waals surface area contributed by atoms with Crippen molar-refractivity contribution in [1.82, 2.24) is 4.98 Å². The number of hydrogen-bond acceptors (Lipinski definition) is 2. The Kier molecular flexibility index (Phi) is 9.63. The monoisotopic (exact) mass is 415 g/mol. The molecular formula is C29H37NO. The number of unbranched alkanes of at least 4 members (excludes halogenated alkanes) is 4. The minimum absolute atomic E-state index is 0.818. The summed E-state index contributed by atoms with van der Waals surface area (Å²) in [6.07, 6.45) is 12.6. The van der Waals surface area contributed by atoms with Crippen molar-refractivity contribution < 1.29 is 4.74 Å². The van der Waals surface area contributed by atoms with Gasteiger partial charge in [-0.1, -0.05) is 82.0 Å². The van der Waals surface area contributed by atoms with Crippen molar-refractivity contribution in [2.75, 3.05) is 6.61 Å². The molecule has 0 amide bonds. The summed E-state index contributed by atoms with van der Waals surface area (Å²) in [5.41, 5.74) is 6.27. The van der Waals surface area contributed by atoms with Gasteiger partial charge in [-0.05, 0) is 67.0 Å². The number of ether oxygens (including phenoxy) is 1. The number of pyridine rings is 1. The first-order chi connectivity index (χ1) is 15.3. The van der Waals surface area contributed by atoms with E-state index in [0.717, 1.165) is 43.7 Å². The number of rotatable bonds is 13. The highest BCUT2D eigenvalue weighted by molar-refractivity contribution is 5.59. The van der Waals surface area contributed by atoms with E-state index >= 15 is 0 Å². The van der Waals surface area contributed by atoms with Gasteiger partial charge in [0.25, 0.3) is 0 Å². The molecule has 0 unspecified atom stereocenters. The lowest BCUT2D eigenvalue weighted by molar-refractivity contribution is 0.305. The van der Waals surface area contributed by atoms with Crippen LogP contribution in [0.1, 0.15) is 69.1 Å². The summed E-state index contributed by atoms with van der Waals surface area (Å²) in [6, 6.07) is 21.8. The first-order valence-corrected chi connectivity index (χ1v) is 12.0. The van der Waals surface area contributed by atoms with Gasteiger partial charge in [0.1, 0.15) is 5.75 Å². The van der Waals surface area contributed by atoms with Gasteiger partial charge in [-0.25, -0.2) is 0 Å². The molecule has 0 saturated heterocycles. The van der Waals surface area contributed by atoms with E-state index in [1.54, 1.807) is 0 Å². The van der Waals surface area contributed by atoms with Gasteiger partial charge in [0.15, 0.2) is 0 Å². The molecule has 3 rings (SSSR count). The van der Waals surface area contributed by atoms with E-state index in [1.807, 2.05) is 6.20 Å². The molecule has 3 aromatic rings. The maximum Gasteiger partial charge on any atom is 0.119 e. The lowest BCUT2D eigenvalue weighted by Gasteiger charge is -2.08. The van der Waals surface area contributed by atoms with E-state index in [-0.39, 0.29) is 0 Å². The lowest BCUT2D eigenvalue weighted by atomic mass is 10.0. The Hall–Kier alpha value is -2.61. The summed E-state index contributed by atoms with van der Waals surface area (Å²) in [5.74, 6) is 0.979. The predicted molar refractivity (Wildman–Crippen MR) is 132 cm³/mol. The Morgan fingerprint density at radius 2 is 1.26 bits per heavy atom. The van der Waals surface area contributed by atoms with Crippen LogP contribution in [0.4, 0.5) is 0 Å². The van der Waals surface area contributed by atoms with E-state index in [4.69, 9.17) is 9.72 Å². The van der Waals surface area contributed by atoms with Gasteiger partial charge < -0.3 is 4.74 Å². The molecule has 0 spiro atoms. The van der Waals surface area contributed by atoms with Gasteiger partial charge in [-0.15, -0.1) is 0 Å². The topological polar surface area (TPSA) is 22.1 Å². The summed E-state index contributed by atoms with van der Waals surface area (Å²) in [7, 11) is 0. The van der Waals surface area contributed by atoms with Crippen LogP contribution in [0.15, 0.2) is 66.9 Å². The standard InChI is InChI=1S/C29H37NO/c1-3-5-7-8-22-31-28-19-14-25(15-20-28)10-11-26-16-21-29(30-23-26)27-17-12-24(13-18-27)9-6-4-2/h12-21,23H,3-11,22H2,1-2H3. The van der Waals surface area contributed by atoms with Crippen molar-refractivity contribution in [2.24, 2.45) is 0 Å². The molecule has 0 aliphatic heterocycles. The van der Waals surface area contributed by atoms with Gasteiger partial charge in [0.2, 0.25) is 0 Å². The molecule has 0 radical (unpaired) electrons. The molecule has 0 aliphatic carbocycles. The zero-order valence-corrected chi connectivity index (χ0v) is 19.3. The van der Waals surface area contributed by atoms with Crippen molar-refractivity contribution in [3.05, 3.63) is 83.6 Å². The molecule has 0 atom stereocenters. The van der Waals surface area contributed by atoms with Gasteiger partial charge in [0.05, 0.1) is 12.3 Å². The fourth-order valence-corrected chi connectivity index (χ4v) is 3.73. The van der Waals surface area contributed by atoms with Crippen molar-refractivity contribution in [3.8, 4) is 17.0 Å². The maximum absolute atomic E-state index is 5.84. The first-order valence-electron chi connectivity index (χ1n) is 12.0. The maximum atomic E-state index is 5.84. The third kappa shape index (κ3) is 7.86. The molecule has 1 heterocycles. The Morgan fingerprint density at radius 3 is 1.94 bits per heavy atom. The smallest absolute Gasteiger partial charge is 0.119 e. The number of aromatic nitrogens is 1. The van der Waals surface area contributed by atoms with E-state index < -0.39 is 0 Å². The van der Waals surface area contributed by atoms with Crippen LogP contribution in [0.5, 0.6) is 5.75 Å². The highest BCUT2D eigenvalue weighted by Gasteiger charge is 2.02. The molecule has 0 fully saturated rings. The fraction of sp³-hybridized carbons (Fsp3) is 0.414. The normalized spacial score (nSPS) is 10.9. The van der Waals surface area contributed by atoms with Crippen LogP contribution in [-0.4, -0.2) is 11.6 Å². The van der Waals surface area contributed by atoms with E-state index in [0.29, 0.717) is 0 Å². The summed E-state index contributed by atoms with van der Waals surface area (Å²) in [6.45, 7) is 5.29. The SMILES string of the molecule is CCCCCCOc1ccc(CCc2ccc(-c3ccc(CCCC)cc3)nc2)cc1. The van der Waals surface area contributed by atoms with Crippen molar-refractivity contribution >= 4 is 0 Å². The zero-order chi connectivity index (χ0) is 21.7. The molecule has 0 bridgehead atoms. The molecule has 0 aliphatic rings. The van der Waals surface area contributed by atoms with E-state index in [2.05, 4.69) is 74.5 Å². The van der Waals surface area contributed by atoms with E-state index in [1.165, 1.54) is 54.4 Å². The second-order valence-electron chi connectivity index (χ2n) is 8.41. The van der Waals surface area contributed by atoms with Crippen LogP contribution >= 0.6 is 0 Å². The molecule has 2 heteroatoms. The van der Waals surface area contributed by atoms with Gasteiger partial charge in [0, 0.05) is 11.8 Å². The van der Waals surface area contributed by atoms with Gasteiger partial charge in [-0.3, -0.25) is 4.98 Å². The van der Waals surface area contributed by atoms with Crippen LogP contribution < -0.4 is 4.74 Å². The summed E-state index contributed by atoms with van der Waals surface area (Å²) < 4.78 is 5.84. The number of nitrogens with zero attached hydrogens (tertiary/aromatic N) is 1. The second-order valence-corrected chi connectivity index (χ2v) is 8.41. The number of aryl methyl sites for hydroxylation is 3. The molecule has 0 saturated carbocycles. The van der Waals surface area contributed by atoms with Gasteiger partial charge >= 0.3 is 0 Å². The minimum Gasteiger partial charge on any atom is -0.494 e. The summed E-state index contributed by atoms with van der Waals surface area (Å²) in [5, 5.41) is 0. The van der Waals surface area contributed by atoms with Crippen LogP contribution in [-0.2, 0) is 19.3 Å². The molecule has 2 nitrogen and oxygen atoms in total. The summed E-state index contributed by atoms with van der Waals surface area (Å²) >= 11 is 0. The lowest BCUT2D eigenvalue weighted by Crippen LogP contribution is -1.98. The predicted octanol–water partition coefficient (Wildman–Crippen LogP) is 7.84. The third-order valence-corrected chi connectivity index (χ3v) is 5.79. The highest BCUT2D eigenvalue weighted by atomic mass is 16.5. The van der Waals surface area contributed by atoms with Gasteiger partial charge in [-0.2, -0.15) is 0 Å². The molecule has 1 aromatic heterocycles. The Balaban J connectivity index is 1.45. The largest absolute Gasteiger partial charge is 0.494 e. The fourth-order valence-electron chi connectivity index (χ4n) is 3.73. The highest BCUT2D eigenvalue weighted by Crippen LogP contribution is 2.20. The molecule has 31 heavy (non-hydrogen) atoms. The quantitative estimate of drug-likeness (QED) is 0.265. The molecular weight excluding hydrogens is 378 g/mol. The molecule has 0 N–H and O–H groups in total.